The number of rotatable bonds is 9. The van der Waals surface area contributed by atoms with Crippen LogP contribution in [0.4, 0.5) is 21.5 Å². The average Bonchev–Trinajstić information content (AvgIpc) is 3.12. The molecule has 1 aromatic heterocycles. The van der Waals surface area contributed by atoms with Gasteiger partial charge in [-0.3, -0.25) is 19.7 Å². The highest BCUT2D eigenvalue weighted by Crippen LogP contribution is 2.26. The van der Waals surface area contributed by atoms with Gasteiger partial charge < -0.3 is 15.2 Å². The van der Waals surface area contributed by atoms with Crippen LogP contribution in [-0.2, 0) is 23.1 Å². The third-order valence-corrected chi connectivity index (χ3v) is 6.01. The normalized spacial score (nSPS) is 11.6. The lowest BCUT2D eigenvalue weighted by atomic mass is 10.2. The van der Waals surface area contributed by atoms with Gasteiger partial charge in [-0.1, -0.05) is 24.8 Å². The van der Waals surface area contributed by atoms with Crippen molar-refractivity contribution in [1.82, 2.24) is 14.8 Å². The number of anilines is 2. The first-order valence-corrected chi connectivity index (χ1v) is 10.8. The lowest BCUT2D eigenvalue weighted by molar-refractivity contribution is -0.384. The van der Waals surface area contributed by atoms with Crippen molar-refractivity contribution in [3.05, 3.63) is 70.3 Å². The lowest BCUT2D eigenvalue weighted by Crippen LogP contribution is -2.25. The Morgan fingerprint density at radius 3 is 2.55 bits per heavy atom. The Balaban J connectivity index is 1.63. The van der Waals surface area contributed by atoms with Crippen LogP contribution in [0.5, 0.6) is 0 Å². The Labute approximate surface area is 192 Å². The summed E-state index contributed by atoms with van der Waals surface area (Å²) in [4.78, 5) is 35.4. The molecule has 0 aliphatic rings. The van der Waals surface area contributed by atoms with Crippen LogP contribution in [0.1, 0.15) is 19.2 Å². The largest absolute Gasteiger partial charge is 0.326 e. The molecule has 0 unspecified atom stereocenters. The fourth-order valence-corrected chi connectivity index (χ4v) is 3.79. The van der Waals surface area contributed by atoms with Crippen LogP contribution in [0.2, 0.25) is 0 Å². The topological polar surface area (TPSA) is 132 Å². The van der Waals surface area contributed by atoms with E-state index in [0.717, 1.165) is 0 Å². The van der Waals surface area contributed by atoms with Gasteiger partial charge in [-0.25, -0.2) is 4.39 Å². The summed E-state index contributed by atoms with van der Waals surface area (Å²) in [6.07, 6.45) is 0.413. The molecule has 33 heavy (non-hydrogen) atoms. The van der Waals surface area contributed by atoms with E-state index in [2.05, 4.69) is 20.8 Å². The molecule has 2 N–H and O–H groups in total. The van der Waals surface area contributed by atoms with Gasteiger partial charge in [-0.05, 0) is 36.8 Å². The number of hydrogen-bond acceptors (Lipinski definition) is 7. The first-order valence-electron chi connectivity index (χ1n) is 9.92. The monoisotopic (exact) mass is 472 g/mol. The van der Waals surface area contributed by atoms with Crippen LogP contribution in [0, 0.1) is 15.9 Å². The minimum absolute atomic E-state index is 0.0574. The third kappa shape index (κ3) is 6.35. The number of benzene rings is 2. The van der Waals surface area contributed by atoms with Crippen LogP contribution in [0.15, 0.2) is 53.7 Å². The van der Waals surface area contributed by atoms with E-state index in [1.807, 2.05) is 6.92 Å². The summed E-state index contributed by atoms with van der Waals surface area (Å²) in [5, 5.41) is 24.3. The zero-order valence-electron chi connectivity index (χ0n) is 17.8. The second kappa shape index (κ2) is 10.7. The second-order valence-corrected chi connectivity index (χ2v) is 8.17. The number of aromatic nitrogens is 3. The van der Waals surface area contributed by atoms with E-state index in [1.165, 1.54) is 54.2 Å². The Morgan fingerprint density at radius 2 is 1.88 bits per heavy atom. The van der Waals surface area contributed by atoms with Gasteiger partial charge in [0.25, 0.3) is 5.69 Å². The van der Waals surface area contributed by atoms with Crippen LogP contribution < -0.4 is 10.6 Å². The molecule has 172 valence electrons. The molecule has 0 bridgehead atoms. The lowest BCUT2D eigenvalue weighted by Gasteiger charge is -2.14. The standard InChI is InChI=1S/C21H21FN6O4S/c1-3-17(20(30)24-15-5-4-6-16(11-15)28(31)32)33-21-26-25-18(27(21)2)12-19(29)23-14-9-7-13(22)8-10-14/h4-11,17H,3,12H2,1-2H3,(H,23,29)(H,24,30)/t17-/m0/s1. The van der Waals surface area contributed by atoms with Gasteiger partial charge in [-0.15, -0.1) is 10.2 Å². The van der Waals surface area contributed by atoms with Crippen molar-refractivity contribution in [2.75, 3.05) is 10.6 Å². The van der Waals surface area contributed by atoms with E-state index in [0.29, 0.717) is 28.8 Å². The minimum Gasteiger partial charge on any atom is -0.326 e. The predicted molar refractivity (Wildman–Crippen MR) is 121 cm³/mol. The summed E-state index contributed by atoms with van der Waals surface area (Å²) in [6.45, 7) is 1.83. The zero-order chi connectivity index (χ0) is 24.0. The van der Waals surface area contributed by atoms with Crippen molar-refractivity contribution >= 4 is 40.6 Å². The van der Waals surface area contributed by atoms with E-state index in [1.54, 1.807) is 17.7 Å². The molecule has 10 nitrogen and oxygen atoms in total. The van der Waals surface area contributed by atoms with Crippen LogP contribution in [0.3, 0.4) is 0 Å². The molecule has 0 aliphatic carbocycles. The summed E-state index contributed by atoms with van der Waals surface area (Å²) in [6, 6.07) is 11.1. The Bertz CT molecular complexity index is 1170. The van der Waals surface area contributed by atoms with Gasteiger partial charge in [0, 0.05) is 30.6 Å². The molecule has 0 saturated heterocycles. The number of nitrogens with zero attached hydrogens (tertiary/aromatic N) is 4. The van der Waals surface area contributed by atoms with E-state index < -0.39 is 16.0 Å². The molecule has 2 aromatic carbocycles. The molecule has 1 atom stereocenters. The number of thioether (sulfide) groups is 1. The van der Waals surface area contributed by atoms with Crippen LogP contribution in [-0.4, -0.2) is 36.8 Å². The van der Waals surface area contributed by atoms with Crippen molar-refractivity contribution in [2.24, 2.45) is 7.05 Å². The molecule has 3 rings (SSSR count). The number of amides is 2. The maximum atomic E-state index is 13.0. The highest BCUT2D eigenvalue weighted by Gasteiger charge is 2.23. The number of non-ortho nitro benzene ring substituents is 1. The first-order chi connectivity index (χ1) is 15.8. The highest BCUT2D eigenvalue weighted by molar-refractivity contribution is 8.00. The molecule has 0 saturated carbocycles. The van der Waals surface area contributed by atoms with Crippen molar-refractivity contribution in [3.63, 3.8) is 0 Å². The molecule has 0 fully saturated rings. The molecule has 3 aromatic rings. The maximum absolute atomic E-state index is 13.0. The van der Waals surface area contributed by atoms with Crippen molar-refractivity contribution in [3.8, 4) is 0 Å². The maximum Gasteiger partial charge on any atom is 0.271 e. The van der Waals surface area contributed by atoms with E-state index in [9.17, 15) is 24.1 Å². The molecule has 0 radical (unpaired) electrons. The molecule has 2 amide bonds. The third-order valence-electron chi connectivity index (χ3n) is 4.61. The van der Waals surface area contributed by atoms with Gasteiger partial charge in [0.05, 0.1) is 16.6 Å². The number of nitro groups is 1. The Morgan fingerprint density at radius 1 is 1.15 bits per heavy atom. The Kier molecular flexibility index (Phi) is 7.72. The minimum atomic E-state index is -0.534. The second-order valence-electron chi connectivity index (χ2n) is 7.00. The van der Waals surface area contributed by atoms with Gasteiger partial charge in [0.2, 0.25) is 11.8 Å². The van der Waals surface area contributed by atoms with Gasteiger partial charge >= 0.3 is 0 Å². The Hall–Kier alpha value is -3.80. The average molecular weight is 473 g/mol. The summed E-state index contributed by atoms with van der Waals surface area (Å²) in [7, 11) is 1.69. The number of carbonyl (C=O) groups is 2. The number of carbonyl (C=O) groups excluding carboxylic acids is 2. The SMILES string of the molecule is CC[C@H](Sc1nnc(CC(=O)Nc2ccc(F)cc2)n1C)C(=O)Nc1cccc([N+](=O)[O-])c1. The summed E-state index contributed by atoms with van der Waals surface area (Å²) < 4.78 is 14.6. The van der Waals surface area contributed by atoms with Crippen LogP contribution in [0.25, 0.3) is 0 Å². The summed E-state index contributed by atoms with van der Waals surface area (Å²) in [5.41, 5.74) is 0.664. The number of nitrogens with one attached hydrogen (secondary N) is 2. The zero-order valence-corrected chi connectivity index (χ0v) is 18.6. The summed E-state index contributed by atoms with van der Waals surface area (Å²) >= 11 is 1.18. The van der Waals surface area contributed by atoms with Gasteiger partial charge in [0.15, 0.2) is 5.16 Å². The van der Waals surface area contributed by atoms with E-state index in [4.69, 9.17) is 0 Å². The van der Waals surface area contributed by atoms with Crippen LogP contribution >= 0.6 is 11.8 Å². The highest BCUT2D eigenvalue weighted by atomic mass is 32.2. The predicted octanol–water partition coefficient (Wildman–Crippen LogP) is 3.55. The van der Waals surface area contributed by atoms with Gasteiger partial charge in [-0.2, -0.15) is 0 Å². The van der Waals surface area contributed by atoms with Gasteiger partial charge in [0.1, 0.15) is 11.6 Å². The molecular weight excluding hydrogens is 451 g/mol. The van der Waals surface area contributed by atoms with E-state index >= 15 is 0 Å². The molecule has 12 heteroatoms. The van der Waals surface area contributed by atoms with E-state index in [-0.39, 0.29) is 23.9 Å². The summed E-state index contributed by atoms with van der Waals surface area (Å²) in [5.74, 6) is -0.681. The van der Waals surface area contributed by atoms with Crippen molar-refractivity contribution in [2.45, 2.75) is 30.2 Å². The van der Waals surface area contributed by atoms with Crippen molar-refractivity contribution < 1.29 is 18.9 Å². The number of halogens is 1. The molecule has 0 spiro atoms. The molecular formula is C21H21FN6O4S. The van der Waals surface area contributed by atoms with Crippen molar-refractivity contribution in [1.29, 1.82) is 0 Å². The number of hydrogen-bond donors (Lipinski definition) is 2. The molecule has 0 aliphatic heterocycles. The smallest absolute Gasteiger partial charge is 0.271 e. The fraction of sp³-hybridized carbons (Fsp3) is 0.238. The first kappa shape index (κ1) is 23.9. The fourth-order valence-electron chi connectivity index (χ4n) is 2.85. The quantitative estimate of drug-likeness (QED) is 0.276. The molecule has 1 heterocycles. The number of nitro benzene ring substituents is 1.